The largest absolute Gasteiger partial charge is 0.480 e. The van der Waals surface area contributed by atoms with Crippen molar-refractivity contribution >= 4 is 29.6 Å². The van der Waals surface area contributed by atoms with Gasteiger partial charge in [-0.25, -0.2) is 4.79 Å². The third-order valence-corrected chi connectivity index (χ3v) is 5.09. The summed E-state index contributed by atoms with van der Waals surface area (Å²) in [7, 11) is 0. The predicted octanol–water partition coefficient (Wildman–Crippen LogP) is -1.60. The highest BCUT2D eigenvalue weighted by Gasteiger charge is 2.30. The Labute approximate surface area is 203 Å². The van der Waals surface area contributed by atoms with Gasteiger partial charge in [0.15, 0.2) is 0 Å². The molecule has 0 saturated carbocycles. The van der Waals surface area contributed by atoms with Crippen molar-refractivity contribution in [3.05, 3.63) is 35.9 Å². The summed E-state index contributed by atoms with van der Waals surface area (Å²) in [6.45, 7) is 2.85. The average Bonchev–Trinajstić information content (AvgIpc) is 2.79. The number of nitrogens with two attached hydrogens (primary N) is 2. The number of aliphatic hydroxyl groups is 1. The van der Waals surface area contributed by atoms with Crippen LogP contribution in [0.5, 0.6) is 0 Å². The molecule has 4 unspecified atom stereocenters. The molecule has 4 amide bonds. The topological polar surface area (TPSA) is 214 Å². The first-order valence-electron chi connectivity index (χ1n) is 11.3. The molecule has 0 aromatic heterocycles. The van der Waals surface area contributed by atoms with Crippen molar-refractivity contribution in [2.45, 2.75) is 63.7 Å². The Morgan fingerprint density at radius 2 is 1.43 bits per heavy atom. The maximum atomic E-state index is 13.1. The lowest BCUT2D eigenvalue weighted by atomic mass is 10.00. The number of nitrogens with one attached hydrogen (secondary N) is 3. The van der Waals surface area contributed by atoms with E-state index in [0.29, 0.717) is 5.56 Å². The van der Waals surface area contributed by atoms with Crippen molar-refractivity contribution < 1.29 is 34.2 Å². The van der Waals surface area contributed by atoms with Gasteiger partial charge in [0.2, 0.25) is 23.6 Å². The van der Waals surface area contributed by atoms with Gasteiger partial charge in [-0.2, -0.15) is 0 Å². The van der Waals surface area contributed by atoms with Crippen molar-refractivity contribution in [3.63, 3.8) is 0 Å². The highest BCUT2D eigenvalue weighted by Crippen LogP contribution is 2.09. The fraction of sp³-hybridized carbons (Fsp3) is 0.522. The van der Waals surface area contributed by atoms with Crippen LogP contribution in [-0.2, 0) is 30.4 Å². The number of carboxylic acids is 1. The molecule has 1 aromatic rings. The van der Waals surface area contributed by atoms with Gasteiger partial charge in [0.1, 0.15) is 18.1 Å². The van der Waals surface area contributed by atoms with E-state index in [1.807, 2.05) is 13.8 Å². The second kappa shape index (κ2) is 14.7. The van der Waals surface area contributed by atoms with Gasteiger partial charge in [0.25, 0.3) is 0 Å². The number of benzene rings is 1. The fourth-order valence-electron chi connectivity index (χ4n) is 3.20. The molecule has 12 nitrogen and oxygen atoms in total. The molecule has 0 aliphatic heterocycles. The molecule has 0 heterocycles. The Morgan fingerprint density at radius 3 is 1.94 bits per heavy atom. The molecule has 0 spiro atoms. The monoisotopic (exact) mass is 493 g/mol. The maximum absolute atomic E-state index is 13.1. The predicted molar refractivity (Wildman–Crippen MR) is 127 cm³/mol. The minimum Gasteiger partial charge on any atom is -0.480 e. The zero-order valence-electron chi connectivity index (χ0n) is 19.9. The fourth-order valence-corrected chi connectivity index (χ4v) is 3.20. The van der Waals surface area contributed by atoms with Crippen molar-refractivity contribution in [1.29, 1.82) is 0 Å². The summed E-state index contributed by atoms with van der Waals surface area (Å²) < 4.78 is 0. The molecule has 1 aromatic carbocycles. The van der Waals surface area contributed by atoms with E-state index in [0.717, 1.165) is 0 Å². The van der Waals surface area contributed by atoms with Gasteiger partial charge in [0, 0.05) is 12.8 Å². The Bertz CT molecular complexity index is 878. The Balaban J connectivity index is 3.05. The molecule has 9 N–H and O–H groups in total. The second-order valence-electron chi connectivity index (χ2n) is 8.64. The number of carbonyl (C=O) groups excluding carboxylic acids is 4. The molecule has 0 aliphatic rings. The van der Waals surface area contributed by atoms with Gasteiger partial charge >= 0.3 is 5.97 Å². The van der Waals surface area contributed by atoms with Crippen LogP contribution in [0.3, 0.4) is 0 Å². The number of aliphatic carboxylic acids is 1. The van der Waals surface area contributed by atoms with E-state index in [1.54, 1.807) is 30.3 Å². The average molecular weight is 494 g/mol. The van der Waals surface area contributed by atoms with Crippen LogP contribution in [0.25, 0.3) is 0 Å². The van der Waals surface area contributed by atoms with Crippen LogP contribution in [0.1, 0.15) is 38.7 Å². The molecule has 12 heteroatoms. The van der Waals surface area contributed by atoms with Gasteiger partial charge in [-0.15, -0.1) is 0 Å². The minimum atomic E-state index is -1.55. The number of hydrogen-bond acceptors (Lipinski definition) is 7. The molecule has 0 radical (unpaired) electrons. The van der Waals surface area contributed by atoms with E-state index in [4.69, 9.17) is 16.6 Å². The van der Waals surface area contributed by atoms with E-state index >= 15 is 0 Å². The first-order chi connectivity index (χ1) is 16.4. The van der Waals surface area contributed by atoms with E-state index in [9.17, 15) is 29.1 Å². The number of primary amides is 1. The number of amides is 4. The lowest BCUT2D eigenvalue weighted by Crippen LogP contribution is -2.58. The van der Waals surface area contributed by atoms with Gasteiger partial charge in [-0.1, -0.05) is 44.2 Å². The van der Waals surface area contributed by atoms with E-state index in [1.165, 1.54) is 0 Å². The lowest BCUT2D eigenvalue weighted by Gasteiger charge is -2.26. The first kappa shape index (κ1) is 29.5. The highest BCUT2D eigenvalue weighted by molar-refractivity contribution is 5.94. The quantitative estimate of drug-likeness (QED) is 0.151. The summed E-state index contributed by atoms with van der Waals surface area (Å²) >= 11 is 0. The Hall–Kier alpha value is -3.51. The van der Waals surface area contributed by atoms with Gasteiger partial charge in [-0.05, 0) is 24.3 Å². The van der Waals surface area contributed by atoms with Crippen molar-refractivity contribution in [2.24, 2.45) is 17.4 Å². The number of hydrogen-bond donors (Lipinski definition) is 7. The number of carboxylic acid groups (broad SMARTS) is 1. The Kier molecular flexibility index (Phi) is 12.4. The van der Waals surface area contributed by atoms with Crippen LogP contribution >= 0.6 is 0 Å². The smallest absolute Gasteiger partial charge is 0.328 e. The summed E-state index contributed by atoms with van der Waals surface area (Å²) in [5.41, 5.74) is 11.6. The summed E-state index contributed by atoms with van der Waals surface area (Å²) in [6, 6.07) is 3.90. The molecule has 0 bridgehead atoms. The molecule has 194 valence electrons. The number of rotatable bonds is 15. The number of aliphatic hydroxyl groups excluding tert-OH is 1. The van der Waals surface area contributed by atoms with Gasteiger partial charge in [-0.3, -0.25) is 19.2 Å². The molecule has 4 atom stereocenters. The third kappa shape index (κ3) is 11.0. The van der Waals surface area contributed by atoms with Crippen LogP contribution < -0.4 is 27.4 Å². The van der Waals surface area contributed by atoms with Crippen molar-refractivity contribution in [3.8, 4) is 0 Å². The summed E-state index contributed by atoms with van der Waals surface area (Å²) in [6.07, 6.45) is 0.184. The van der Waals surface area contributed by atoms with Gasteiger partial charge in [0.05, 0.1) is 12.6 Å². The molecule has 0 saturated heterocycles. The van der Waals surface area contributed by atoms with E-state index < -0.39 is 60.4 Å². The van der Waals surface area contributed by atoms with Crippen LogP contribution in [0, 0.1) is 5.92 Å². The maximum Gasteiger partial charge on any atom is 0.328 e. The summed E-state index contributed by atoms with van der Waals surface area (Å²) in [5.74, 6) is -4.18. The highest BCUT2D eigenvalue weighted by atomic mass is 16.4. The van der Waals surface area contributed by atoms with Crippen LogP contribution in [-0.4, -0.2) is 70.6 Å². The van der Waals surface area contributed by atoms with Gasteiger partial charge < -0.3 is 37.6 Å². The summed E-state index contributed by atoms with van der Waals surface area (Å²) in [4.78, 5) is 60.6. The lowest BCUT2D eigenvalue weighted by molar-refractivity contribution is -0.143. The molecule has 35 heavy (non-hydrogen) atoms. The first-order valence-corrected chi connectivity index (χ1v) is 11.3. The van der Waals surface area contributed by atoms with E-state index in [2.05, 4.69) is 16.0 Å². The molecule has 0 aliphatic carbocycles. The van der Waals surface area contributed by atoms with Crippen molar-refractivity contribution in [2.75, 3.05) is 6.61 Å². The molecular formula is C23H35N5O7. The minimum absolute atomic E-state index is 0.00790. The van der Waals surface area contributed by atoms with Crippen LogP contribution in [0.15, 0.2) is 30.3 Å². The SMILES string of the molecule is CC(C)CC(NC(=O)C(N)CCC(N)=O)C(=O)NC(Cc1ccccc1)C(=O)NC(CO)C(=O)O. The second-order valence-corrected chi connectivity index (χ2v) is 8.64. The zero-order valence-corrected chi connectivity index (χ0v) is 19.9. The molecule has 1 rings (SSSR count). The molecular weight excluding hydrogens is 458 g/mol. The van der Waals surface area contributed by atoms with E-state index in [-0.39, 0.29) is 31.6 Å². The normalized spacial score (nSPS) is 14.3. The molecule has 0 fully saturated rings. The van der Waals surface area contributed by atoms with Crippen molar-refractivity contribution in [1.82, 2.24) is 16.0 Å². The number of carbonyl (C=O) groups is 5. The van der Waals surface area contributed by atoms with Crippen LogP contribution in [0.2, 0.25) is 0 Å². The Morgan fingerprint density at radius 1 is 0.886 bits per heavy atom. The summed E-state index contributed by atoms with van der Waals surface area (Å²) in [5, 5.41) is 25.7. The van der Waals surface area contributed by atoms with Crippen LogP contribution in [0.4, 0.5) is 0 Å². The third-order valence-electron chi connectivity index (χ3n) is 5.09. The zero-order chi connectivity index (χ0) is 26.5. The standard InChI is InChI=1S/C23H35N5O7/c1-13(2)10-16(26-20(31)15(24)8-9-19(25)30)21(32)27-17(11-14-6-4-3-5-7-14)22(33)28-18(12-29)23(34)35/h3-7,13,15-18,29H,8-12,24H2,1-2H3,(H2,25,30)(H,26,31)(H,27,32)(H,28,33)(H,34,35).